The number of ether oxygens (including phenoxy) is 1. The lowest BCUT2D eigenvalue weighted by molar-refractivity contribution is -0.140. The molecule has 0 unspecified atom stereocenters. The summed E-state index contributed by atoms with van der Waals surface area (Å²) in [7, 11) is 0. The Bertz CT molecular complexity index is 711. The molecule has 2 fully saturated rings. The maximum absolute atomic E-state index is 12.8. The summed E-state index contributed by atoms with van der Waals surface area (Å²) in [5, 5.41) is 8.51. The van der Waals surface area contributed by atoms with Gasteiger partial charge in [0.15, 0.2) is 0 Å². The molecule has 1 aromatic heterocycles. The van der Waals surface area contributed by atoms with Crippen LogP contribution in [0, 0.1) is 0 Å². The normalized spacial score (nSPS) is 21.6. The van der Waals surface area contributed by atoms with Gasteiger partial charge in [-0.3, -0.25) is 9.69 Å². The first-order chi connectivity index (χ1) is 12.3. The van der Waals surface area contributed by atoms with Gasteiger partial charge in [0.1, 0.15) is 0 Å². The van der Waals surface area contributed by atoms with Crippen LogP contribution in [0.25, 0.3) is 5.69 Å². The van der Waals surface area contributed by atoms with Gasteiger partial charge in [-0.1, -0.05) is 23.4 Å². The monoisotopic (exact) mass is 341 g/mol. The van der Waals surface area contributed by atoms with Crippen LogP contribution in [0.5, 0.6) is 0 Å². The summed E-state index contributed by atoms with van der Waals surface area (Å²) >= 11 is 0. The number of morpholine rings is 1. The van der Waals surface area contributed by atoms with Crippen LogP contribution in [-0.2, 0) is 16.1 Å². The highest BCUT2D eigenvalue weighted by Crippen LogP contribution is 2.22. The van der Waals surface area contributed by atoms with E-state index in [1.54, 1.807) is 4.68 Å². The van der Waals surface area contributed by atoms with Gasteiger partial charge in [0.2, 0.25) is 5.91 Å². The van der Waals surface area contributed by atoms with Gasteiger partial charge in [0, 0.05) is 19.6 Å². The number of rotatable bonds is 4. The van der Waals surface area contributed by atoms with Crippen LogP contribution >= 0.6 is 0 Å². The van der Waals surface area contributed by atoms with Gasteiger partial charge in [-0.25, -0.2) is 4.68 Å². The molecular weight excluding hydrogens is 318 g/mol. The molecule has 2 aliphatic rings. The number of benzene rings is 1. The minimum atomic E-state index is -0.0417. The molecule has 7 heteroatoms. The smallest absolute Gasteiger partial charge is 0.240 e. The van der Waals surface area contributed by atoms with Gasteiger partial charge in [-0.05, 0) is 31.5 Å². The lowest BCUT2D eigenvalue weighted by Gasteiger charge is -2.32. The Labute approximate surface area is 147 Å². The van der Waals surface area contributed by atoms with Gasteiger partial charge in [0.05, 0.1) is 36.8 Å². The van der Waals surface area contributed by atoms with E-state index in [0.29, 0.717) is 32.8 Å². The minimum Gasteiger partial charge on any atom is -0.378 e. The largest absolute Gasteiger partial charge is 0.378 e. The molecule has 2 aliphatic heterocycles. The van der Waals surface area contributed by atoms with Crippen LogP contribution in [0.2, 0.25) is 0 Å². The zero-order chi connectivity index (χ0) is 17.1. The topological polar surface area (TPSA) is 63.5 Å². The molecule has 1 amide bonds. The fourth-order valence-corrected chi connectivity index (χ4v) is 3.58. The Hall–Kier alpha value is -2.25. The van der Waals surface area contributed by atoms with Gasteiger partial charge in [-0.2, -0.15) is 0 Å². The van der Waals surface area contributed by atoms with Gasteiger partial charge in [-0.15, -0.1) is 5.10 Å². The summed E-state index contributed by atoms with van der Waals surface area (Å²) in [5.41, 5.74) is 1.88. The Balaban J connectivity index is 1.43. The fourth-order valence-electron chi connectivity index (χ4n) is 3.58. The van der Waals surface area contributed by atoms with E-state index in [1.165, 1.54) is 0 Å². The van der Waals surface area contributed by atoms with Crippen molar-refractivity contribution < 1.29 is 9.53 Å². The number of para-hydroxylation sites is 1. The molecule has 2 aromatic rings. The maximum Gasteiger partial charge on any atom is 0.240 e. The zero-order valence-electron chi connectivity index (χ0n) is 14.3. The van der Waals surface area contributed by atoms with E-state index >= 15 is 0 Å². The number of carbonyl (C=O) groups excluding carboxylic acids is 1. The van der Waals surface area contributed by atoms with Crippen molar-refractivity contribution in [2.45, 2.75) is 25.4 Å². The molecule has 0 bridgehead atoms. The van der Waals surface area contributed by atoms with E-state index in [9.17, 15) is 4.79 Å². The maximum atomic E-state index is 12.8. The number of likely N-dealkylation sites (tertiary alicyclic amines) is 1. The highest BCUT2D eigenvalue weighted by molar-refractivity contribution is 5.82. The van der Waals surface area contributed by atoms with E-state index in [1.807, 2.05) is 41.4 Å². The highest BCUT2D eigenvalue weighted by Gasteiger charge is 2.34. The van der Waals surface area contributed by atoms with Crippen molar-refractivity contribution in [2.75, 3.05) is 32.8 Å². The van der Waals surface area contributed by atoms with Crippen LogP contribution in [0.15, 0.2) is 36.5 Å². The summed E-state index contributed by atoms with van der Waals surface area (Å²) in [6, 6.07) is 9.90. The van der Waals surface area contributed by atoms with E-state index in [0.717, 1.165) is 30.8 Å². The number of carbonyl (C=O) groups is 1. The van der Waals surface area contributed by atoms with Crippen molar-refractivity contribution in [1.82, 2.24) is 24.8 Å². The third-order valence-corrected chi connectivity index (χ3v) is 4.90. The number of nitrogens with zero attached hydrogens (tertiary/aromatic N) is 5. The highest BCUT2D eigenvalue weighted by atomic mass is 16.5. The summed E-state index contributed by atoms with van der Waals surface area (Å²) in [5.74, 6) is 0.233. The Kier molecular flexibility index (Phi) is 4.76. The van der Waals surface area contributed by atoms with E-state index in [-0.39, 0.29) is 11.9 Å². The molecule has 0 saturated carbocycles. The van der Waals surface area contributed by atoms with Crippen molar-refractivity contribution >= 4 is 5.91 Å². The predicted molar refractivity (Wildman–Crippen MR) is 92.2 cm³/mol. The van der Waals surface area contributed by atoms with Crippen molar-refractivity contribution in [3.05, 3.63) is 42.2 Å². The summed E-state index contributed by atoms with van der Waals surface area (Å²) in [4.78, 5) is 17.0. The third kappa shape index (κ3) is 3.57. The van der Waals surface area contributed by atoms with Crippen molar-refractivity contribution in [3.63, 3.8) is 0 Å². The quantitative estimate of drug-likeness (QED) is 0.833. The van der Waals surface area contributed by atoms with E-state index < -0.39 is 0 Å². The van der Waals surface area contributed by atoms with Crippen LogP contribution in [0.4, 0.5) is 0 Å². The summed E-state index contributed by atoms with van der Waals surface area (Å²) in [6.45, 7) is 4.28. The minimum absolute atomic E-state index is 0.0417. The van der Waals surface area contributed by atoms with Crippen LogP contribution in [-0.4, -0.2) is 69.6 Å². The fraction of sp³-hybridized carbons (Fsp3) is 0.500. The molecule has 7 nitrogen and oxygen atoms in total. The van der Waals surface area contributed by atoms with Crippen LogP contribution < -0.4 is 0 Å². The van der Waals surface area contributed by atoms with Crippen LogP contribution in [0.3, 0.4) is 0 Å². The molecule has 4 rings (SSSR count). The molecule has 1 atom stereocenters. The number of aromatic nitrogens is 3. The first-order valence-corrected chi connectivity index (χ1v) is 8.88. The molecule has 25 heavy (non-hydrogen) atoms. The second kappa shape index (κ2) is 7.33. The molecule has 1 aromatic carbocycles. The Morgan fingerprint density at radius 2 is 1.96 bits per heavy atom. The molecular formula is C18H23N5O2. The number of hydrogen-bond acceptors (Lipinski definition) is 5. The first-order valence-electron chi connectivity index (χ1n) is 8.88. The van der Waals surface area contributed by atoms with Crippen molar-refractivity contribution in [1.29, 1.82) is 0 Å². The molecule has 0 radical (unpaired) electrons. The molecule has 0 spiro atoms. The number of amides is 1. The second-order valence-corrected chi connectivity index (χ2v) is 6.56. The molecule has 0 N–H and O–H groups in total. The summed E-state index contributed by atoms with van der Waals surface area (Å²) < 4.78 is 7.13. The van der Waals surface area contributed by atoms with Gasteiger partial charge in [0.25, 0.3) is 0 Å². The second-order valence-electron chi connectivity index (χ2n) is 6.56. The number of hydrogen-bond donors (Lipinski definition) is 0. The Morgan fingerprint density at radius 1 is 1.16 bits per heavy atom. The van der Waals surface area contributed by atoms with E-state index in [2.05, 4.69) is 15.2 Å². The molecule has 2 saturated heterocycles. The lowest BCUT2D eigenvalue weighted by atomic mass is 10.2. The lowest BCUT2D eigenvalue weighted by Crippen LogP contribution is -2.49. The zero-order valence-corrected chi connectivity index (χ0v) is 14.3. The Morgan fingerprint density at radius 3 is 2.76 bits per heavy atom. The average molecular weight is 341 g/mol. The SMILES string of the molecule is O=C([C@@H]1CCCN1Cc1cn(-c2ccccc2)nn1)N1CCOCC1. The van der Waals surface area contributed by atoms with E-state index in [4.69, 9.17) is 4.74 Å². The van der Waals surface area contributed by atoms with Gasteiger partial charge >= 0.3 is 0 Å². The standard InChI is InChI=1S/C18H23N5O2/c24-18(21-9-11-25-12-10-21)17-7-4-8-22(17)13-15-14-23(20-19-15)16-5-2-1-3-6-16/h1-3,5-6,14,17H,4,7-13H2/t17-/m0/s1. The third-order valence-electron chi connectivity index (χ3n) is 4.90. The average Bonchev–Trinajstić information content (AvgIpc) is 3.33. The van der Waals surface area contributed by atoms with Crippen molar-refractivity contribution in [3.8, 4) is 5.69 Å². The predicted octanol–water partition coefficient (Wildman–Crippen LogP) is 1.09. The molecule has 0 aliphatic carbocycles. The summed E-state index contributed by atoms with van der Waals surface area (Å²) in [6.07, 6.45) is 3.92. The van der Waals surface area contributed by atoms with Crippen molar-refractivity contribution in [2.24, 2.45) is 0 Å². The van der Waals surface area contributed by atoms with Gasteiger partial charge < -0.3 is 9.64 Å². The molecule has 132 valence electrons. The van der Waals surface area contributed by atoms with Crippen LogP contribution in [0.1, 0.15) is 18.5 Å². The molecule has 3 heterocycles. The first kappa shape index (κ1) is 16.2.